The van der Waals surface area contributed by atoms with Crippen molar-refractivity contribution in [3.63, 3.8) is 0 Å². The molecule has 1 heterocycles. The molecule has 0 unspecified atom stereocenters. The van der Waals surface area contributed by atoms with Crippen molar-refractivity contribution in [3.05, 3.63) is 22.7 Å². The molecular formula is C12H14ClNO2. The molecule has 0 amide bonds. The summed E-state index contributed by atoms with van der Waals surface area (Å²) in [5.41, 5.74) is 6.93. The first-order valence-corrected chi connectivity index (χ1v) is 5.93. The van der Waals surface area contributed by atoms with Crippen LogP contribution in [0.2, 0.25) is 5.02 Å². The molecule has 2 N–H and O–H groups in total. The molecule has 0 spiro atoms. The molecule has 3 rings (SSSR count). The largest absolute Gasteiger partial charge is 0.486 e. The van der Waals surface area contributed by atoms with Crippen LogP contribution >= 0.6 is 11.6 Å². The lowest BCUT2D eigenvalue weighted by atomic mass is 9.94. The lowest BCUT2D eigenvalue weighted by molar-refractivity contribution is 0.169. The molecule has 1 aromatic carbocycles. The number of hydrogen-bond donors (Lipinski definition) is 1. The standard InChI is InChI=1S/C12H14ClNO2/c13-8-1-2-9-11(16-6-5-15-9)10(8)12(7-14)3-4-12/h1-2H,3-7,14H2. The topological polar surface area (TPSA) is 44.5 Å². The van der Waals surface area contributed by atoms with Crippen molar-refractivity contribution in [1.29, 1.82) is 0 Å². The third kappa shape index (κ3) is 1.39. The van der Waals surface area contributed by atoms with Crippen LogP contribution in [-0.2, 0) is 5.41 Å². The Labute approximate surface area is 99.5 Å². The Kier molecular flexibility index (Phi) is 2.26. The number of hydrogen-bond acceptors (Lipinski definition) is 3. The molecule has 0 atom stereocenters. The van der Waals surface area contributed by atoms with Crippen molar-refractivity contribution in [2.24, 2.45) is 5.73 Å². The van der Waals surface area contributed by atoms with Gasteiger partial charge in [-0.15, -0.1) is 0 Å². The minimum Gasteiger partial charge on any atom is -0.486 e. The first-order chi connectivity index (χ1) is 7.77. The maximum atomic E-state index is 6.27. The summed E-state index contributed by atoms with van der Waals surface area (Å²) in [6.45, 7) is 1.80. The highest BCUT2D eigenvalue weighted by atomic mass is 35.5. The van der Waals surface area contributed by atoms with Gasteiger partial charge in [0.25, 0.3) is 0 Å². The molecular weight excluding hydrogens is 226 g/mol. The average molecular weight is 240 g/mol. The fraction of sp³-hybridized carbons (Fsp3) is 0.500. The highest BCUT2D eigenvalue weighted by Crippen LogP contribution is 2.55. The normalized spacial score (nSPS) is 20.6. The highest BCUT2D eigenvalue weighted by Gasteiger charge is 2.47. The summed E-state index contributed by atoms with van der Waals surface area (Å²) in [4.78, 5) is 0. The van der Waals surface area contributed by atoms with Crippen LogP contribution in [0.1, 0.15) is 18.4 Å². The maximum absolute atomic E-state index is 6.27. The van der Waals surface area contributed by atoms with Crippen LogP contribution in [0.5, 0.6) is 11.5 Å². The third-order valence-corrected chi connectivity index (χ3v) is 3.75. The van der Waals surface area contributed by atoms with Gasteiger partial charge in [-0.1, -0.05) is 11.6 Å². The Morgan fingerprint density at radius 1 is 1.25 bits per heavy atom. The molecule has 0 bridgehead atoms. The van der Waals surface area contributed by atoms with Gasteiger partial charge in [0.2, 0.25) is 0 Å². The van der Waals surface area contributed by atoms with Crippen molar-refractivity contribution < 1.29 is 9.47 Å². The van der Waals surface area contributed by atoms with E-state index in [4.69, 9.17) is 26.8 Å². The minimum absolute atomic E-state index is 0.0309. The Hall–Kier alpha value is -0.930. The number of fused-ring (bicyclic) bond motifs is 1. The zero-order valence-electron chi connectivity index (χ0n) is 8.96. The molecule has 1 saturated carbocycles. The van der Waals surface area contributed by atoms with Gasteiger partial charge in [0.15, 0.2) is 11.5 Å². The van der Waals surface area contributed by atoms with E-state index in [1.807, 2.05) is 12.1 Å². The lowest BCUT2D eigenvalue weighted by Gasteiger charge is -2.25. The second-order valence-electron chi connectivity index (χ2n) is 4.43. The van der Waals surface area contributed by atoms with Gasteiger partial charge in [-0.25, -0.2) is 0 Å². The van der Waals surface area contributed by atoms with Crippen LogP contribution in [0.4, 0.5) is 0 Å². The van der Waals surface area contributed by atoms with Crippen LogP contribution < -0.4 is 15.2 Å². The van der Waals surface area contributed by atoms with Gasteiger partial charge in [-0.05, 0) is 25.0 Å². The Morgan fingerprint density at radius 2 is 2.00 bits per heavy atom. The predicted molar refractivity (Wildman–Crippen MR) is 62.4 cm³/mol. The van der Waals surface area contributed by atoms with E-state index in [0.29, 0.717) is 19.8 Å². The van der Waals surface area contributed by atoms with Crippen LogP contribution in [0.25, 0.3) is 0 Å². The van der Waals surface area contributed by atoms with E-state index >= 15 is 0 Å². The van der Waals surface area contributed by atoms with Gasteiger partial charge in [0.1, 0.15) is 13.2 Å². The quantitative estimate of drug-likeness (QED) is 0.860. The van der Waals surface area contributed by atoms with Crippen molar-refractivity contribution in [3.8, 4) is 11.5 Å². The number of ether oxygens (including phenoxy) is 2. The van der Waals surface area contributed by atoms with Gasteiger partial charge in [-0.3, -0.25) is 0 Å². The summed E-state index contributed by atoms with van der Waals surface area (Å²) in [7, 11) is 0. The van der Waals surface area contributed by atoms with E-state index in [2.05, 4.69) is 0 Å². The molecule has 1 aromatic rings. The molecule has 4 heteroatoms. The fourth-order valence-electron chi connectivity index (χ4n) is 2.29. The molecule has 16 heavy (non-hydrogen) atoms. The minimum atomic E-state index is 0.0309. The molecule has 1 fully saturated rings. The molecule has 3 nitrogen and oxygen atoms in total. The second kappa shape index (κ2) is 3.54. The second-order valence-corrected chi connectivity index (χ2v) is 4.84. The number of rotatable bonds is 2. The first-order valence-electron chi connectivity index (χ1n) is 5.55. The van der Waals surface area contributed by atoms with E-state index in [-0.39, 0.29) is 5.41 Å². The van der Waals surface area contributed by atoms with E-state index in [0.717, 1.165) is 34.9 Å². The van der Waals surface area contributed by atoms with Gasteiger partial charge in [0, 0.05) is 22.5 Å². The van der Waals surface area contributed by atoms with Crippen molar-refractivity contribution >= 4 is 11.6 Å². The smallest absolute Gasteiger partial charge is 0.166 e. The maximum Gasteiger partial charge on any atom is 0.166 e. The van der Waals surface area contributed by atoms with Crippen LogP contribution in [0.15, 0.2) is 12.1 Å². The summed E-state index contributed by atoms with van der Waals surface area (Å²) in [6.07, 6.45) is 2.17. The SMILES string of the molecule is NCC1(c2c(Cl)ccc3c2OCCO3)CC1. The number of benzene rings is 1. The monoisotopic (exact) mass is 239 g/mol. The van der Waals surface area contributed by atoms with Crippen LogP contribution in [0.3, 0.4) is 0 Å². The fourth-order valence-corrected chi connectivity index (χ4v) is 2.64. The molecule has 2 aliphatic rings. The van der Waals surface area contributed by atoms with Gasteiger partial charge in [0.05, 0.1) is 0 Å². The van der Waals surface area contributed by atoms with Crippen molar-refractivity contribution in [2.45, 2.75) is 18.3 Å². The molecule has 1 aliphatic carbocycles. The summed E-state index contributed by atoms with van der Waals surface area (Å²) in [5.74, 6) is 1.60. The van der Waals surface area contributed by atoms with Crippen molar-refractivity contribution in [1.82, 2.24) is 0 Å². The van der Waals surface area contributed by atoms with Crippen molar-refractivity contribution in [2.75, 3.05) is 19.8 Å². The predicted octanol–water partition coefficient (Wildman–Crippen LogP) is 2.10. The average Bonchev–Trinajstić information content (AvgIpc) is 3.10. The Morgan fingerprint density at radius 3 is 2.69 bits per heavy atom. The highest BCUT2D eigenvalue weighted by molar-refractivity contribution is 6.31. The van der Waals surface area contributed by atoms with Crippen LogP contribution in [-0.4, -0.2) is 19.8 Å². The van der Waals surface area contributed by atoms with E-state index in [1.54, 1.807) is 0 Å². The molecule has 0 radical (unpaired) electrons. The van der Waals surface area contributed by atoms with Gasteiger partial charge >= 0.3 is 0 Å². The van der Waals surface area contributed by atoms with Crippen LogP contribution in [0, 0.1) is 0 Å². The summed E-state index contributed by atoms with van der Waals surface area (Å²) < 4.78 is 11.3. The molecule has 0 saturated heterocycles. The first kappa shape index (κ1) is 10.2. The summed E-state index contributed by atoms with van der Waals surface area (Å²) >= 11 is 6.27. The molecule has 86 valence electrons. The molecule has 1 aliphatic heterocycles. The third-order valence-electron chi connectivity index (χ3n) is 3.43. The van der Waals surface area contributed by atoms with E-state index < -0.39 is 0 Å². The van der Waals surface area contributed by atoms with E-state index in [1.165, 1.54) is 0 Å². The lowest BCUT2D eigenvalue weighted by Crippen LogP contribution is -2.24. The number of nitrogens with two attached hydrogens (primary N) is 1. The number of halogens is 1. The molecule has 0 aromatic heterocycles. The van der Waals surface area contributed by atoms with E-state index in [9.17, 15) is 0 Å². The zero-order chi connectivity index (χ0) is 11.2. The Bertz CT molecular complexity index is 429. The summed E-state index contributed by atoms with van der Waals surface area (Å²) in [5, 5.41) is 0.743. The Balaban J connectivity index is 2.15. The zero-order valence-corrected chi connectivity index (χ0v) is 9.72. The van der Waals surface area contributed by atoms with Gasteiger partial charge < -0.3 is 15.2 Å². The summed E-state index contributed by atoms with van der Waals surface area (Å²) in [6, 6.07) is 3.74. The van der Waals surface area contributed by atoms with Gasteiger partial charge in [-0.2, -0.15) is 0 Å².